The lowest BCUT2D eigenvalue weighted by molar-refractivity contribution is 0.0989. The van der Waals surface area contributed by atoms with Crippen molar-refractivity contribution < 1.29 is 4.74 Å². The van der Waals surface area contributed by atoms with Gasteiger partial charge in [0, 0.05) is 6.61 Å². The maximum absolute atomic E-state index is 8.71. The van der Waals surface area contributed by atoms with Gasteiger partial charge in [-0.2, -0.15) is 5.26 Å². The first-order valence-electron chi connectivity index (χ1n) is 4.34. The minimum atomic E-state index is -0.0606. The molecule has 0 aliphatic heterocycles. The molecule has 2 nitrogen and oxygen atoms in total. The zero-order chi connectivity index (χ0) is 7.73. The monoisotopic (exact) mass is 151 g/mol. The molecule has 0 spiro atoms. The Morgan fingerprint density at radius 1 is 1.45 bits per heavy atom. The highest BCUT2D eigenvalue weighted by molar-refractivity contribution is 5.09. The van der Waals surface area contributed by atoms with Crippen LogP contribution in [0.4, 0.5) is 0 Å². The molecule has 2 heteroatoms. The Morgan fingerprint density at radius 2 is 2.18 bits per heavy atom. The zero-order valence-electron chi connectivity index (χ0n) is 6.68. The summed E-state index contributed by atoms with van der Waals surface area (Å²) in [5.41, 5.74) is -0.0606. The van der Waals surface area contributed by atoms with Crippen molar-refractivity contribution in [2.45, 2.75) is 25.7 Å². The largest absolute Gasteiger partial charge is 0.380 e. The van der Waals surface area contributed by atoms with Gasteiger partial charge >= 0.3 is 0 Å². The van der Waals surface area contributed by atoms with Crippen LogP contribution >= 0.6 is 0 Å². The Bertz CT molecular complexity index is 186. The molecular formula is C9H13NO. The molecule has 11 heavy (non-hydrogen) atoms. The lowest BCUT2D eigenvalue weighted by atomic mass is 10.1. The zero-order valence-corrected chi connectivity index (χ0v) is 6.68. The van der Waals surface area contributed by atoms with E-state index in [0.717, 1.165) is 25.4 Å². The summed E-state index contributed by atoms with van der Waals surface area (Å²) >= 11 is 0. The third-order valence-electron chi connectivity index (χ3n) is 2.52. The fourth-order valence-electron chi connectivity index (χ4n) is 1.14. The Morgan fingerprint density at radius 3 is 2.64 bits per heavy atom. The van der Waals surface area contributed by atoms with Gasteiger partial charge in [0.1, 0.15) is 0 Å². The fourth-order valence-corrected chi connectivity index (χ4v) is 1.14. The second-order valence-corrected chi connectivity index (χ2v) is 3.85. The summed E-state index contributed by atoms with van der Waals surface area (Å²) in [4.78, 5) is 0. The summed E-state index contributed by atoms with van der Waals surface area (Å²) in [5, 5.41) is 8.71. The van der Waals surface area contributed by atoms with Crippen LogP contribution in [0.5, 0.6) is 0 Å². The molecule has 0 saturated heterocycles. The summed E-state index contributed by atoms with van der Waals surface area (Å²) in [7, 11) is 0. The number of hydrogen-bond donors (Lipinski definition) is 0. The van der Waals surface area contributed by atoms with E-state index in [4.69, 9.17) is 10.00 Å². The quantitative estimate of drug-likeness (QED) is 0.612. The second-order valence-electron chi connectivity index (χ2n) is 3.85. The van der Waals surface area contributed by atoms with Crippen LogP contribution in [0.15, 0.2) is 0 Å². The van der Waals surface area contributed by atoms with Gasteiger partial charge in [-0.25, -0.2) is 0 Å². The van der Waals surface area contributed by atoms with Crippen molar-refractivity contribution in [3.63, 3.8) is 0 Å². The van der Waals surface area contributed by atoms with Crippen LogP contribution in [0.3, 0.4) is 0 Å². The lowest BCUT2D eigenvalue weighted by Crippen LogP contribution is -2.09. The van der Waals surface area contributed by atoms with Crippen LogP contribution in [0.1, 0.15) is 25.7 Å². The normalized spacial score (nSPS) is 26.1. The molecule has 0 N–H and O–H groups in total. The Hall–Kier alpha value is -0.550. The van der Waals surface area contributed by atoms with Crippen LogP contribution in [0.25, 0.3) is 0 Å². The van der Waals surface area contributed by atoms with Crippen molar-refractivity contribution in [3.8, 4) is 6.07 Å². The van der Waals surface area contributed by atoms with E-state index in [-0.39, 0.29) is 5.41 Å². The van der Waals surface area contributed by atoms with E-state index in [1.807, 2.05) is 0 Å². The van der Waals surface area contributed by atoms with Gasteiger partial charge in [-0.05, 0) is 31.6 Å². The SMILES string of the molecule is N#CC1(COCC2CC2)CC1. The van der Waals surface area contributed by atoms with Gasteiger partial charge in [-0.1, -0.05) is 0 Å². The third kappa shape index (κ3) is 1.72. The summed E-state index contributed by atoms with van der Waals surface area (Å²) in [5.74, 6) is 0.824. The Labute approximate surface area is 67.2 Å². The molecule has 0 aromatic heterocycles. The number of rotatable bonds is 4. The maximum Gasteiger partial charge on any atom is 0.0808 e. The van der Waals surface area contributed by atoms with Crippen LogP contribution in [-0.4, -0.2) is 13.2 Å². The average molecular weight is 151 g/mol. The van der Waals surface area contributed by atoms with E-state index in [9.17, 15) is 0 Å². The van der Waals surface area contributed by atoms with Crippen molar-refractivity contribution in [1.29, 1.82) is 5.26 Å². The second kappa shape index (κ2) is 2.49. The third-order valence-corrected chi connectivity index (χ3v) is 2.52. The first kappa shape index (κ1) is 7.12. The van der Waals surface area contributed by atoms with Gasteiger partial charge in [0.25, 0.3) is 0 Å². The molecule has 0 amide bonds. The molecule has 2 saturated carbocycles. The van der Waals surface area contributed by atoms with E-state index < -0.39 is 0 Å². The standard InChI is InChI=1S/C9H13NO/c10-6-9(3-4-9)7-11-5-8-1-2-8/h8H,1-5,7H2. The van der Waals surface area contributed by atoms with Gasteiger partial charge in [-0.15, -0.1) is 0 Å². The molecule has 0 unspecified atom stereocenters. The summed E-state index contributed by atoms with van der Waals surface area (Å²) in [6.07, 6.45) is 4.77. The van der Waals surface area contributed by atoms with Gasteiger partial charge in [0.2, 0.25) is 0 Å². The first-order chi connectivity index (χ1) is 5.35. The van der Waals surface area contributed by atoms with Crippen molar-refractivity contribution in [3.05, 3.63) is 0 Å². The molecule has 2 rings (SSSR count). The van der Waals surface area contributed by atoms with Gasteiger partial charge in [-0.3, -0.25) is 0 Å². The van der Waals surface area contributed by atoms with Gasteiger partial charge in [0.15, 0.2) is 0 Å². The predicted octanol–water partition coefficient (Wildman–Crippen LogP) is 1.72. The topological polar surface area (TPSA) is 33.0 Å². The Kier molecular flexibility index (Phi) is 1.61. The van der Waals surface area contributed by atoms with Crippen molar-refractivity contribution in [1.82, 2.24) is 0 Å². The van der Waals surface area contributed by atoms with Crippen LogP contribution in [0.2, 0.25) is 0 Å². The minimum absolute atomic E-state index is 0.0606. The molecule has 0 heterocycles. The van der Waals surface area contributed by atoms with Crippen LogP contribution in [0, 0.1) is 22.7 Å². The molecule has 0 bridgehead atoms. The molecule has 2 fully saturated rings. The Balaban J connectivity index is 1.62. The number of ether oxygens (including phenoxy) is 1. The molecule has 60 valence electrons. The molecule has 0 atom stereocenters. The number of nitrogens with zero attached hydrogens (tertiary/aromatic N) is 1. The average Bonchev–Trinajstić information content (AvgIpc) is 2.80. The van der Waals surface area contributed by atoms with Crippen molar-refractivity contribution in [2.75, 3.05) is 13.2 Å². The van der Waals surface area contributed by atoms with Crippen LogP contribution in [-0.2, 0) is 4.74 Å². The molecule has 0 aromatic rings. The molecule has 0 aromatic carbocycles. The highest BCUT2D eigenvalue weighted by Gasteiger charge is 2.43. The highest BCUT2D eigenvalue weighted by atomic mass is 16.5. The van der Waals surface area contributed by atoms with Crippen LogP contribution < -0.4 is 0 Å². The van der Waals surface area contributed by atoms with E-state index in [1.165, 1.54) is 12.8 Å². The molecule has 0 radical (unpaired) electrons. The summed E-state index contributed by atoms with van der Waals surface area (Å²) in [6.45, 7) is 1.57. The summed E-state index contributed by atoms with van der Waals surface area (Å²) < 4.78 is 5.45. The minimum Gasteiger partial charge on any atom is -0.380 e. The van der Waals surface area contributed by atoms with Gasteiger partial charge < -0.3 is 4.74 Å². The number of hydrogen-bond acceptors (Lipinski definition) is 2. The van der Waals surface area contributed by atoms with E-state index in [2.05, 4.69) is 6.07 Å². The predicted molar refractivity (Wildman–Crippen MR) is 40.8 cm³/mol. The fraction of sp³-hybridized carbons (Fsp3) is 0.889. The smallest absolute Gasteiger partial charge is 0.0808 e. The van der Waals surface area contributed by atoms with Crippen molar-refractivity contribution in [2.24, 2.45) is 11.3 Å². The number of nitriles is 1. The molecule has 2 aliphatic carbocycles. The van der Waals surface area contributed by atoms with Crippen molar-refractivity contribution >= 4 is 0 Å². The van der Waals surface area contributed by atoms with E-state index >= 15 is 0 Å². The maximum atomic E-state index is 8.71. The molecular weight excluding hydrogens is 138 g/mol. The lowest BCUT2D eigenvalue weighted by Gasteiger charge is -2.05. The molecule has 2 aliphatic rings. The van der Waals surface area contributed by atoms with E-state index in [1.54, 1.807) is 0 Å². The highest BCUT2D eigenvalue weighted by Crippen LogP contribution is 2.45. The van der Waals surface area contributed by atoms with E-state index in [0.29, 0.717) is 6.61 Å². The van der Waals surface area contributed by atoms with Gasteiger partial charge in [0.05, 0.1) is 18.1 Å². The first-order valence-corrected chi connectivity index (χ1v) is 4.34. The summed E-state index contributed by atoms with van der Waals surface area (Å²) in [6, 6.07) is 2.32.